The highest BCUT2D eigenvalue weighted by Crippen LogP contribution is 2.51. The molecule has 0 spiro atoms. The summed E-state index contributed by atoms with van der Waals surface area (Å²) in [6, 6.07) is 0. The van der Waals surface area contributed by atoms with Gasteiger partial charge in [-0.2, -0.15) is 13.2 Å². The molecule has 1 aliphatic heterocycles. The first kappa shape index (κ1) is 12.3. The van der Waals surface area contributed by atoms with Gasteiger partial charge in [-0.25, -0.2) is 4.99 Å². The maximum absolute atomic E-state index is 13.3. The average Bonchev–Trinajstić information content (AvgIpc) is 2.96. The first-order valence-electron chi connectivity index (χ1n) is 5.95. The van der Waals surface area contributed by atoms with Crippen molar-refractivity contribution >= 4 is 11.8 Å². The standard InChI is InChI=1S/C11H14F3N5/c1-10(16)6-5(11(12,13)14)7(4-2-3-4)17-8(6)18-9(15)19-10/h4,17H,2-3,16H2,1H3,(H3,15,18,19). The molecule has 0 aromatic carbocycles. The highest BCUT2D eigenvalue weighted by molar-refractivity contribution is 5.95. The van der Waals surface area contributed by atoms with Crippen LogP contribution in [0.25, 0.3) is 0 Å². The Morgan fingerprint density at radius 1 is 1.37 bits per heavy atom. The number of halogens is 3. The number of hydrogen-bond donors (Lipinski definition) is 4. The highest BCUT2D eigenvalue weighted by Gasteiger charge is 2.48. The third kappa shape index (κ3) is 1.86. The molecule has 5 nitrogen and oxygen atoms in total. The van der Waals surface area contributed by atoms with Gasteiger partial charge in [0.2, 0.25) is 0 Å². The lowest BCUT2D eigenvalue weighted by Gasteiger charge is -2.28. The lowest BCUT2D eigenvalue weighted by atomic mass is 9.96. The van der Waals surface area contributed by atoms with Gasteiger partial charge in [-0.1, -0.05) is 0 Å². The van der Waals surface area contributed by atoms with E-state index in [2.05, 4.69) is 15.3 Å². The number of aromatic amines is 1. The molecule has 1 aliphatic carbocycles. The minimum atomic E-state index is -4.47. The van der Waals surface area contributed by atoms with Crippen molar-refractivity contribution in [2.24, 2.45) is 16.5 Å². The van der Waals surface area contributed by atoms with Gasteiger partial charge >= 0.3 is 6.18 Å². The highest BCUT2D eigenvalue weighted by atomic mass is 19.4. The zero-order valence-corrected chi connectivity index (χ0v) is 10.2. The number of aliphatic imine (C=N–C) groups is 1. The van der Waals surface area contributed by atoms with Crippen LogP contribution in [0.2, 0.25) is 0 Å². The summed E-state index contributed by atoms with van der Waals surface area (Å²) in [6.45, 7) is 1.42. The molecule has 19 heavy (non-hydrogen) atoms. The van der Waals surface area contributed by atoms with Crippen molar-refractivity contribution in [3.8, 4) is 0 Å². The van der Waals surface area contributed by atoms with Gasteiger partial charge in [-0.15, -0.1) is 0 Å². The Bertz CT molecular complexity index is 566. The summed E-state index contributed by atoms with van der Waals surface area (Å²) in [7, 11) is 0. The van der Waals surface area contributed by atoms with Crippen LogP contribution < -0.4 is 16.8 Å². The lowest BCUT2D eigenvalue weighted by Crippen LogP contribution is -2.41. The van der Waals surface area contributed by atoms with E-state index in [4.69, 9.17) is 11.5 Å². The minimum Gasteiger partial charge on any atom is -0.370 e. The number of fused-ring (bicyclic) bond motifs is 1. The number of alkyl halides is 3. The van der Waals surface area contributed by atoms with E-state index in [0.717, 1.165) is 12.8 Å². The molecule has 1 aromatic heterocycles. The predicted octanol–water partition coefficient (Wildman–Crippen LogP) is 1.78. The monoisotopic (exact) mass is 273 g/mol. The molecule has 1 unspecified atom stereocenters. The summed E-state index contributed by atoms with van der Waals surface area (Å²) < 4.78 is 39.9. The van der Waals surface area contributed by atoms with Gasteiger partial charge in [-0.3, -0.25) is 0 Å². The van der Waals surface area contributed by atoms with Crippen LogP contribution in [-0.2, 0) is 11.8 Å². The fraction of sp³-hybridized carbons (Fsp3) is 0.545. The SMILES string of the molecule is CC1(N)N=C(N)Nc2[nH]c(C3CC3)c(C(F)(F)F)c21. The van der Waals surface area contributed by atoms with Gasteiger partial charge < -0.3 is 21.8 Å². The second-order valence-corrected chi connectivity index (χ2v) is 5.21. The molecule has 0 saturated heterocycles. The Morgan fingerprint density at radius 2 is 2.00 bits per heavy atom. The van der Waals surface area contributed by atoms with Crippen molar-refractivity contribution in [3.05, 3.63) is 16.8 Å². The van der Waals surface area contributed by atoms with Crippen LogP contribution in [0.1, 0.15) is 42.5 Å². The molecule has 0 radical (unpaired) electrons. The first-order valence-corrected chi connectivity index (χ1v) is 5.95. The molecular weight excluding hydrogens is 259 g/mol. The fourth-order valence-electron chi connectivity index (χ4n) is 2.55. The number of H-pyrrole nitrogens is 1. The van der Waals surface area contributed by atoms with Gasteiger partial charge in [0.25, 0.3) is 0 Å². The quantitative estimate of drug-likeness (QED) is 0.628. The summed E-state index contributed by atoms with van der Waals surface area (Å²) >= 11 is 0. The van der Waals surface area contributed by atoms with Crippen molar-refractivity contribution in [1.82, 2.24) is 4.98 Å². The Hall–Kier alpha value is -1.70. The molecule has 6 N–H and O–H groups in total. The smallest absolute Gasteiger partial charge is 0.370 e. The maximum atomic E-state index is 13.3. The Morgan fingerprint density at radius 3 is 2.53 bits per heavy atom. The summed E-state index contributed by atoms with van der Waals surface area (Å²) in [5.74, 6) is 0.127. The Labute approximate surface area is 107 Å². The van der Waals surface area contributed by atoms with Crippen LogP contribution in [0.15, 0.2) is 4.99 Å². The third-order valence-electron chi connectivity index (χ3n) is 3.41. The predicted molar refractivity (Wildman–Crippen MR) is 64.6 cm³/mol. The number of anilines is 1. The van der Waals surface area contributed by atoms with E-state index in [1.807, 2.05) is 0 Å². The molecule has 1 atom stereocenters. The van der Waals surface area contributed by atoms with Gasteiger partial charge in [-0.05, 0) is 25.7 Å². The second-order valence-electron chi connectivity index (χ2n) is 5.21. The number of guanidine groups is 1. The topological polar surface area (TPSA) is 92.2 Å². The van der Waals surface area contributed by atoms with Gasteiger partial charge in [0.1, 0.15) is 11.5 Å². The molecule has 2 aliphatic rings. The van der Waals surface area contributed by atoms with Crippen LogP contribution in [0, 0.1) is 0 Å². The minimum absolute atomic E-state index is 0.00909. The number of hydrogen-bond acceptors (Lipinski definition) is 4. The van der Waals surface area contributed by atoms with Gasteiger partial charge in [0, 0.05) is 11.3 Å². The second kappa shape index (κ2) is 3.44. The Kier molecular flexibility index (Phi) is 2.23. The van der Waals surface area contributed by atoms with Gasteiger partial charge in [0.15, 0.2) is 5.96 Å². The molecule has 8 heteroatoms. The molecular formula is C11H14F3N5. The van der Waals surface area contributed by atoms with Crippen molar-refractivity contribution in [3.63, 3.8) is 0 Å². The van der Waals surface area contributed by atoms with Crippen LogP contribution in [0.5, 0.6) is 0 Å². The number of nitrogens with two attached hydrogens (primary N) is 2. The Balaban J connectivity index is 2.24. The van der Waals surface area contributed by atoms with E-state index in [-0.39, 0.29) is 29.0 Å². The molecule has 2 heterocycles. The fourth-order valence-corrected chi connectivity index (χ4v) is 2.55. The summed E-state index contributed by atoms with van der Waals surface area (Å²) in [5, 5.41) is 2.62. The largest absolute Gasteiger partial charge is 0.418 e. The van der Waals surface area contributed by atoms with Crippen molar-refractivity contribution in [2.45, 2.75) is 37.5 Å². The summed E-state index contributed by atoms with van der Waals surface area (Å²) in [6.07, 6.45) is -2.97. The average molecular weight is 273 g/mol. The van der Waals surface area contributed by atoms with Crippen molar-refractivity contribution in [1.29, 1.82) is 0 Å². The van der Waals surface area contributed by atoms with E-state index in [0.29, 0.717) is 0 Å². The number of nitrogens with one attached hydrogen (secondary N) is 2. The number of nitrogens with zero attached hydrogens (tertiary/aromatic N) is 1. The first-order chi connectivity index (χ1) is 8.70. The van der Waals surface area contributed by atoms with E-state index in [1.165, 1.54) is 6.92 Å². The normalized spacial score (nSPS) is 26.7. The van der Waals surface area contributed by atoms with E-state index in [9.17, 15) is 13.2 Å². The molecule has 1 aromatic rings. The van der Waals surface area contributed by atoms with Crippen LogP contribution >= 0.6 is 0 Å². The molecule has 1 fully saturated rings. The molecule has 3 rings (SSSR count). The summed E-state index contributed by atoms with van der Waals surface area (Å²) in [4.78, 5) is 6.65. The van der Waals surface area contributed by atoms with Crippen LogP contribution in [0.3, 0.4) is 0 Å². The van der Waals surface area contributed by atoms with Crippen LogP contribution in [-0.4, -0.2) is 10.9 Å². The van der Waals surface area contributed by atoms with E-state index < -0.39 is 17.4 Å². The molecule has 1 saturated carbocycles. The van der Waals surface area contributed by atoms with Crippen molar-refractivity contribution < 1.29 is 13.2 Å². The molecule has 0 bridgehead atoms. The number of aromatic nitrogens is 1. The third-order valence-corrected chi connectivity index (χ3v) is 3.41. The van der Waals surface area contributed by atoms with Gasteiger partial charge in [0.05, 0.1) is 5.56 Å². The number of rotatable bonds is 1. The lowest BCUT2D eigenvalue weighted by molar-refractivity contribution is -0.139. The molecule has 104 valence electrons. The van der Waals surface area contributed by atoms with Crippen LogP contribution in [0.4, 0.5) is 19.0 Å². The maximum Gasteiger partial charge on any atom is 0.418 e. The van der Waals surface area contributed by atoms with Crippen molar-refractivity contribution in [2.75, 3.05) is 5.32 Å². The zero-order chi connectivity index (χ0) is 14.0. The zero-order valence-electron chi connectivity index (χ0n) is 10.2. The van der Waals surface area contributed by atoms with E-state index in [1.54, 1.807) is 0 Å². The molecule has 0 amide bonds. The summed E-state index contributed by atoms with van der Waals surface area (Å²) in [5.41, 5.74) is 9.37. The van der Waals surface area contributed by atoms with E-state index >= 15 is 0 Å².